The lowest BCUT2D eigenvalue weighted by molar-refractivity contribution is 0.0488. The summed E-state index contributed by atoms with van der Waals surface area (Å²) in [6.07, 6.45) is -0.345. The molecule has 3 aromatic carbocycles. The predicted octanol–water partition coefficient (Wildman–Crippen LogP) is 4.31. The smallest absolute Gasteiger partial charge is 0.267 e. The van der Waals surface area contributed by atoms with Gasteiger partial charge in [0.05, 0.1) is 0 Å². The standard InChI is InChI=1S/C17H12O2/c1-2-6-13-11-14(10-9-12(13)5-1)17-18-15-7-3-4-8-16(15)19-17/h1-11,17H. The Morgan fingerprint density at radius 1 is 0.632 bits per heavy atom. The van der Waals surface area contributed by atoms with Crippen molar-refractivity contribution in [2.45, 2.75) is 6.29 Å². The van der Waals surface area contributed by atoms with E-state index in [0.717, 1.165) is 17.1 Å². The van der Waals surface area contributed by atoms with Crippen molar-refractivity contribution in [3.05, 3.63) is 72.3 Å². The minimum Gasteiger partial charge on any atom is -0.447 e. The minimum atomic E-state index is -0.345. The summed E-state index contributed by atoms with van der Waals surface area (Å²) in [5.74, 6) is 1.61. The van der Waals surface area contributed by atoms with E-state index in [1.165, 1.54) is 10.8 Å². The van der Waals surface area contributed by atoms with Crippen LogP contribution in [0.4, 0.5) is 0 Å². The van der Waals surface area contributed by atoms with E-state index in [2.05, 4.69) is 30.3 Å². The summed E-state index contributed by atoms with van der Waals surface area (Å²) in [7, 11) is 0. The summed E-state index contributed by atoms with van der Waals surface area (Å²) in [5.41, 5.74) is 1.04. The Kier molecular flexibility index (Phi) is 2.21. The molecule has 0 fully saturated rings. The highest BCUT2D eigenvalue weighted by Gasteiger charge is 2.25. The van der Waals surface area contributed by atoms with Gasteiger partial charge in [-0.2, -0.15) is 0 Å². The van der Waals surface area contributed by atoms with E-state index in [1.807, 2.05) is 36.4 Å². The first-order valence-electron chi connectivity index (χ1n) is 6.31. The molecule has 0 saturated heterocycles. The van der Waals surface area contributed by atoms with Gasteiger partial charge in [-0.25, -0.2) is 0 Å². The van der Waals surface area contributed by atoms with Gasteiger partial charge in [0.2, 0.25) is 0 Å². The van der Waals surface area contributed by atoms with E-state index in [-0.39, 0.29) is 6.29 Å². The zero-order chi connectivity index (χ0) is 12.7. The van der Waals surface area contributed by atoms with Crippen molar-refractivity contribution in [1.29, 1.82) is 0 Å². The van der Waals surface area contributed by atoms with Crippen LogP contribution in [0.25, 0.3) is 10.8 Å². The average Bonchev–Trinajstić information content (AvgIpc) is 2.90. The fourth-order valence-electron chi connectivity index (χ4n) is 2.39. The molecule has 0 radical (unpaired) electrons. The van der Waals surface area contributed by atoms with Crippen molar-refractivity contribution in [2.75, 3.05) is 0 Å². The minimum absolute atomic E-state index is 0.345. The average molecular weight is 248 g/mol. The molecule has 0 saturated carbocycles. The van der Waals surface area contributed by atoms with Gasteiger partial charge in [0.25, 0.3) is 6.29 Å². The Labute approximate surface area is 111 Å². The molecule has 1 aliphatic rings. The van der Waals surface area contributed by atoms with Crippen molar-refractivity contribution >= 4 is 10.8 Å². The maximum Gasteiger partial charge on any atom is 0.267 e. The van der Waals surface area contributed by atoms with Gasteiger partial charge < -0.3 is 9.47 Å². The van der Waals surface area contributed by atoms with Crippen molar-refractivity contribution in [3.63, 3.8) is 0 Å². The molecule has 0 unspecified atom stereocenters. The molecule has 2 nitrogen and oxygen atoms in total. The lowest BCUT2D eigenvalue weighted by Gasteiger charge is -2.11. The SMILES string of the molecule is c1ccc2c(c1)OC(c1ccc3ccccc3c1)O2. The quantitative estimate of drug-likeness (QED) is 0.639. The molecule has 19 heavy (non-hydrogen) atoms. The third kappa shape index (κ3) is 1.73. The van der Waals surface area contributed by atoms with Gasteiger partial charge in [-0.1, -0.05) is 48.5 Å². The second-order valence-electron chi connectivity index (χ2n) is 4.62. The number of ether oxygens (including phenoxy) is 2. The zero-order valence-corrected chi connectivity index (χ0v) is 10.2. The van der Waals surface area contributed by atoms with Gasteiger partial charge in [0.15, 0.2) is 11.5 Å². The topological polar surface area (TPSA) is 18.5 Å². The van der Waals surface area contributed by atoms with Crippen molar-refractivity contribution < 1.29 is 9.47 Å². The van der Waals surface area contributed by atoms with E-state index in [4.69, 9.17) is 9.47 Å². The normalized spacial score (nSPS) is 13.9. The number of fused-ring (bicyclic) bond motifs is 2. The molecular weight excluding hydrogens is 236 g/mol. The fraction of sp³-hybridized carbons (Fsp3) is 0.0588. The maximum absolute atomic E-state index is 5.82. The number of hydrogen-bond acceptors (Lipinski definition) is 2. The van der Waals surface area contributed by atoms with E-state index in [0.29, 0.717) is 0 Å². The Morgan fingerprint density at radius 3 is 2.00 bits per heavy atom. The fourth-order valence-corrected chi connectivity index (χ4v) is 2.39. The van der Waals surface area contributed by atoms with Crippen LogP contribution in [0.5, 0.6) is 11.5 Å². The van der Waals surface area contributed by atoms with E-state index in [1.54, 1.807) is 0 Å². The van der Waals surface area contributed by atoms with Gasteiger partial charge in [-0.15, -0.1) is 0 Å². The summed E-state index contributed by atoms with van der Waals surface area (Å²) < 4.78 is 11.6. The predicted molar refractivity (Wildman–Crippen MR) is 74.4 cm³/mol. The molecule has 0 aliphatic carbocycles. The van der Waals surface area contributed by atoms with E-state index >= 15 is 0 Å². The Morgan fingerprint density at radius 2 is 1.26 bits per heavy atom. The molecule has 3 aromatic rings. The molecule has 0 spiro atoms. The lowest BCUT2D eigenvalue weighted by atomic mass is 10.1. The van der Waals surface area contributed by atoms with Crippen LogP contribution in [0.3, 0.4) is 0 Å². The van der Waals surface area contributed by atoms with Crippen LogP contribution in [0.1, 0.15) is 11.9 Å². The first kappa shape index (κ1) is 10.4. The number of benzene rings is 3. The highest BCUT2D eigenvalue weighted by molar-refractivity contribution is 5.83. The Balaban J connectivity index is 1.73. The van der Waals surface area contributed by atoms with Crippen LogP contribution >= 0.6 is 0 Å². The van der Waals surface area contributed by atoms with Crippen LogP contribution in [0.15, 0.2) is 66.7 Å². The summed E-state index contributed by atoms with van der Waals surface area (Å²) in [4.78, 5) is 0. The first-order valence-corrected chi connectivity index (χ1v) is 6.31. The van der Waals surface area contributed by atoms with E-state index in [9.17, 15) is 0 Å². The van der Waals surface area contributed by atoms with Crippen LogP contribution in [0.2, 0.25) is 0 Å². The molecule has 1 aliphatic heterocycles. The first-order chi connectivity index (χ1) is 9.40. The Hall–Kier alpha value is -2.48. The maximum atomic E-state index is 5.82. The molecule has 92 valence electrons. The second kappa shape index (κ2) is 4.02. The molecule has 2 heteroatoms. The third-order valence-electron chi connectivity index (χ3n) is 3.36. The van der Waals surface area contributed by atoms with Gasteiger partial charge in [-0.05, 0) is 29.0 Å². The van der Waals surface area contributed by atoms with Gasteiger partial charge >= 0.3 is 0 Å². The molecule has 0 aromatic heterocycles. The van der Waals surface area contributed by atoms with Gasteiger partial charge in [0, 0.05) is 5.56 Å². The summed E-state index contributed by atoms with van der Waals surface area (Å²) >= 11 is 0. The molecule has 0 bridgehead atoms. The van der Waals surface area contributed by atoms with Crippen molar-refractivity contribution in [3.8, 4) is 11.5 Å². The van der Waals surface area contributed by atoms with Crippen LogP contribution in [-0.2, 0) is 0 Å². The van der Waals surface area contributed by atoms with Crippen molar-refractivity contribution in [2.24, 2.45) is 0 Å². The Bertz CT molecular complexity index is 724. The van der Waals surface area contributed by atoms with Crippen LogP contribution < -0.4 is 9.47 Å². The van der Waals surface area contributed by atoms with Gasteiger partial charge in [0.1, 0.15) is 0 Å². The molecule has 0 amide bonds. The zero-order valence-electron chi connectivity index (χ0n) is 10.2. The van der Waals surface area contributed by atoms with Gasteiger partial charge in [-0.3, -0.25) is 0 Å². The molecule has 0 N–H and O–H groups in total. The summed E-state index contributed by atoms with van der Waals surface area (Å²) in [5, 5.41) is 2.42. The number of para-hydroxylation sites is 2. The van der Waals surface area contributed by atoms with E-state index < -0.39 is 0 Å². The lowest BCUT2D eigenvalue weighted by Crippen LogP contribution is -2.07. The van der Waals surface area contributed by atoms with Crippen molar-refractivity contribution in [1.82, 2.24) is 0 Å². The largest absolute Gasteiger partial charge is 0.447 e. The highest BCUT2D eigenvalue weighted by atomic mass is 16.7. The molecule has 0 atom stereocenters. The monoisotopic (exact) mass is 248 g/mol. The molecule has 1 heterocycles. The second-order valence-corrected chi connectivity index (χ2v) is 4.62. The molecule has 4 rings (SSSR count). The third-order valence-corrected chi connectivity index (χ3v) is 3.36. The number of rotatable bonds is 1. The summed E-state index contributed by atoms with van der Waals surface area (Å²) in [6, 6.07) is 22.3. The molecular formula is C17H12O2. The number of hydrogen-bond donors (Lipinski definition) is 0. The van der Waals surface area contributed by atoms with Crippen LogP contribution in [0, 0.1) is 0 Å². The highest BCUT2D eigenvalue weighted by Crippen LogP contribution is 2.40. The summed E-state index contributed by atoms with van der Waals surface area (Å²) in [6.45, 7) is 0. The van der Waals surface area contributed by atoms with Crippen LogP contribution in [-0.4, -0.2) is 0 Å².